The summed E-state index contributed by atoms with van der Waals surface area (Å²) in [5.41, 5.74) is 6.81. The van der Waals surface area contributed by atoms with Crippen LogP contribution in [0.1, 0.15) is 27.8 Å². The van der Waals surface area contributed by atoms with Crippen LogP contribution in [-0.4, -0.2) is 0 Å². The van der Waals surface area contributed by atoms with Crippen molar-refractivity contribution in [1.29, 1.82) is 0 Å². The van der Waals surface area contributed by atoms with E-state index in [1.807, 2.05) is 0 Å². The molecule has 1 aromatic rings. The van der Waals surface area contributed by atoms with Gasteiger partial charge in [0.25, 0.3) is 0 Å². The van der Waals surface area contributed by atoms with Gasteiger partial charge in [-0.25, -0.2) is 0 Å². The zero-order valence-electron chi connectivity index (χ0n) is 8.19. The highest BCUT2D eigenvalue weighted by atomic mass is 32.1. The molecule has 0 heterocycles. The molecule has 0 nitrogen and oxygen atoms in total. The lowest BCUT2D eigenvalue weighted by atomic mass is 9.95. The Morgan fingerprint density at radius 1 is 1.00 bits per heavy atom. The van der Waals surface area contributed by atoms with Gasteiger partial charge in [-0.1, -0.05) is 18.7 Å². The predicted octanol–water partition coefficient (Wildman–Crippen LogP) is 3.62. The summed E-state index contributed by atoms with van der Waals surface area (Å²) in [5, 5.41) is 0. The molecule has 0 spiro atoms. The van der Waals surface area contributed by atoms with Crippen molar-refractivity contribution in [2.75, 3.05) is 0 Å². The Morgan fingerprint density at radius 2 is 1.42 bits per heavy atom. The van der Waals surface area contributed by atoms with E-state index in [2.05, 4.69) is 33.8 Å². The van der Waals surface area contributed by atoms with Crippen molar-refractivity contribution in [3.05, 3.63) is 33.9 Å². The van der Waals surface area contributed by atoms with E-state index in [-0.39, 0.29) is 0 Å². The van der Waals surface area contributed by atoms with E-state index in [1.54, 1.807) is 0 Å². The lowest BCUT2D eigenvalue weighted by Gasteiger charge is -2.12. The minimum absolute atomic E-state index is 0.736. The first-order chi connectivity index (χ1) is 5.57. The average molecular weight is 179 g/mol. The summed E-state index contributed by atoms with van der Waals surface area (Å²) in [6.45, 7) is 8.61. The summed E-state index contributed by atoms with van der Waals surface area (Å²) >= 11 is 5.11. The number of hydrogen-bond donors (Lipinski definition) is 0. The largest absolute Gasteiger partial charge is 0.0890 e. The van der Waals surface area contributed by atoms with Crippen molar-refractivity contribution in [3.63, 3.8) is 0 Å². The minimum atomic E-state index is 0.736. The van der Waals surface area contributed by atoms with E-state index < -0.39 is 0 Å². The normalized spacial score (nSPS) is 10.4. The van der Waals surface area contributed by atoms with Crippen LogP contribution in [0.3, 0.4) is 0 Å². The molecule has 1 radical (unpaired) electrons. The van der Waals surface area contributed by atoms with Crippen LogP contribution in [0.5, 0.6) is 0 Å². The molecule has 65 valence electrons. The lowest BCUT2D eigenvalue weighted by Crippen LogP contribution is -1.96. The third-order valence-corrected chi connectivity index (χ3v) is 2.95. The smallest absolute Gasteiger partial charge is 0.0294 e. The molecule has 1 rings (SSSR count). The summed E-state index contributed by atoms with van der Waals surface area (Å²) in [5.74, 6) is 0.736. The van der Waals surface area contributed by atoms with Crippen molar-refractivity contribution >= 4 is 12.6 Å². The highest BCUT2D eigenvalue weighted by Gasteiger charge is 2.05. The number of benzene rings is 1. The van der Waals surface area contributed by atoms with Crippen molar-refractivity contribution in [3.8, 4) is 0 Å². The van der Waals surface area contributed by atoms with Gasteiger partial charge in [-0.15, -0.1) is 0 Å². The van der Waals surface area contributed by atoms with Crippen LogP contribution in [0.2, 0.25) is 0 Å². The molecule has 0 amide bonds. The van der Waals surface area contributed by atoms with Crippen LogP contribution in [0.4, 0.5) is 0 Å². The van der Waals surface area contributed by atoms with E-state index in [1.165, 1.54) is 27.8 Å². The fraction of sp³-hybridized carbons (Fsp3) is 0.455. The summed E-state index contributed by atoms with van der Waals surface area (Å²) < 4.78 is 0. The van der Waals surface area contributed by atoms with Crippen molar-refractivity contribution in [1.82, 2.24) is 0 Å². The highest BCUT2D eigenvalue weighted by molar-refractivity contribution is 7.79. The van der Waals surface area contributed by atoms with E-state index in [9.17, 15) is 0 Å². The van der Waals surface area contributed by atoms with Gasteiger partial charge in [-0.3, -0.25) is 0 Å². The minimum Gasteiger partial charge on any atom is -0.0890 e. The zero-order chi connectivity index (χ0) is 9.30. The van der Waals surface area contributed by atoms with Crippen LogP contribution < -0.4 is 0 Å². The van der Waals surface area contributed by atoms with Gasteiger partial charge in [-0.2, -0.15) is 0 Å². The van der Waals surface area contributed by atoms with Crippen molar-refractivity contribution < 1.29 is 0 Å². The Kier molecular flexibility index (Phi) is 2.84. The van der Waals surface area contributed by atoms with Crippen LogP contribution in [0.25, 0.3) is 0 Å². The van der Waals surface area contributed by atoms with Crippen LogP contribution in [-0.2, 0) is 5.75 Å². The first-order valence-electron chi connectivity index (χ1n) is 4.22. The molecular weight excluding hydrogens is 164 g/mol. The second-order valence-electron chi connectivity index (χ2n) is 3.38. The van der Waals surface area contributed by atoms with E-state index >= 15 is 0 Å². The van der Waals surface area contributed by atoms with Gasteiger partial charge in [0.2, 0.25) is 0 Å². The molecule has 1 aromatic carbocycles. The standard InChI is InChI=1S/C11H15S/c1-7-5-8(2)10(4)11(6-12)9(7)3/h5H,6H2,1-4H3. The lowest BCUT2D eigenvalue weighted by molar-refractivity contribution is 1.16. The number of aryl methyl sites for hydroxylation is 2. The molecule has 0 aliphatic heterocycles. The maximum Gasteiger partial charge on any atom is 0.0294 e. The van der Waals surface area contributed by atoms with Crippen molar-refractivity contribution in [2.45, 2.75) is 33.4 Å². The summed E-state index contributed by atoms with van der Waals surface area (Å²) in [4.78, 5) is 0. The van der Waals surface area contributed by atoms with Gasteiger partial charge in [-0.05, 0) is 55.5 Å². The second-order valence-corrected chi connectivity index (χ2v) is 3.67. The van der Waals surface area contributed by atoms with Gasteiger partial charge < -0.3 is 0 Å². The summed E-state index contributed by atoms with van der Waals surface area (Å²) in [6, 6.07) is 2.24. The first-order valence-corrected chi connectivity index (χ1v) is 4.80. The van der Waals surface area contributed by atoms with Gasteiger partial charge in [0.15, 0.2) is 0 Å². The Morgan fingerprint density at radius 3 is 1.75 bits per heavy atom. The molecule has 0 fully saturated rings. The van der Waals surface area contributed by atoms with Gasteiger partial charge in [0.05, 0.1) is 0 Å². The Labute approximate surface area is 80.4 Å². The van der Waals surface area contributed by atoms with Crippen LogP contribution in [0.15, 0.2) is 6.07 Å². The SMILES string of the molecule is Cc1cc(C)c(C)c(C[S])c1C. The maximum atomic E-state index is 5.11. The monoisotopic (exact) mass is 179 g/mol. The third-order valence-electron chi connectivity index (χ3n) is 2.67. The fourth-order valence-electron chi connectivity index (χ4n) is 1.52. The van der Waals surface area contributed by atoms with E-state index in [0.717, 1.165) is 5.75 Å². The van der Waals surface area contributed by atoms with Crippen LogP contribution >= 0.6 is 12.6 Å². The second kappa shape index (κ2) is 3.53. The Hall–Kier alpha value is -0.430. The number of hydrogen-bond acceptors (Lipinski definition) is 0. The van der Waals surface area contributed by atoms with Gasteiger partial charge >= 0.3 is 0 Å². The molecule has 0 N–H and O–H groups in total. The van der Waals surface area contributed by atoms with Gasteiger partial charge in [0, 0.05) is 5.75 Å². The van der Waals surface area contributed by atoms with E-state index in [0.29, 0.717) is 0 Å². The molecular formula is C11H15S. The molecule has 0 saturated carbocycles. The fourth-order valence-corrected chi connectivity index (χ4v) is 1.95. The topological polar surface area (TPSA) is 0 Å². The van der Waals surface area contributed by atoms with Crippen LogP contribution in [0, 0.1) is 27.7 Å². The average Bonchev–Trinajstić information content (AvgIpc) is 2.02. The Balaban J connectivity index is 3.42. The van der Waals surface area contributed by atoms with E-state index in [4.69, 9.17) is 12.6 Å². The molecule has 12 heavy (non-hydrogen) atoms. The summed E-state index contributed by atoms with van der Waals surface area (Å²) in [7, 11) is 0. The molecule has 0 aliphatic rings. The maximum absolute atomic E-state index is 5.11. The van der Waals surface area contributed by atoms with Gasteiger partial charge in [0.1, 0.15) is 0 Å². The third kappa shape index (κ3) is 1.51. The molecule has 0 aromatic heterocycles. The first kappa shape index (κ1) is 9.66. The molecule has 0 aliphatic carbocycles. The quantitative estimate of drug-likeness (QED) is 0.617. The predicted molar refractivity (Wildman–Crippen MR) is 56.7 cm³/mol. The molecule has 1 heteroatoms. The summed E-state index contributed by atoms with van der Waals surface area (Å²) in [6.07, 6.45) is 0. The number of rotatable bonds is 1. The van der Waals surface area contributed by atoms with Crippen molar-refractivity contribution in [2.24, 2.45) is 0 Å². The molecule has 0 saturated heterocycles. The zero-order valence-corrected chi connectivity index (χ0v) is 9.01. The molecule has 0 bridgehead atoms. The Bertz CT molecular complexity index is 274. The molecule has 0 atom stereocenters. The molecule has 0 unspecified atom stereocenters. The highest BCUT2D eigenvalue weighted by Crippen LogP contribution is 2.22.